The molecule has 1 aliphatic rings. The number of hydrogen-bond acceptors (Lipinski definition) is 6. The van der Waals surface area contributed by atoms with Gasteiger partial charge in [-0.3, -0.25) is 4.79 Å². The molecular formula is C18H25Cl2N3O3S. The lowest BCUT2D eigenvalue weighted by Gasteiger charge is -2.22. The van der Waals surface area contributed by atoms with Crippen molar-refractivity contribution < 1.29 is 14.3 Å². The average molecular weight is 434 g/mol. The highest BCUT2D eigenvalue weighted by Gasteiger charge is 2.32. The zero-order valence-electron chi connectivity index (χ0n) is 15.3. The first kappa shape index (κ1) is 23.5. The Morgan fingerprint density at radius 3 is 2.74 bits per heavy atom. The van der Waals surface area contributed by atoms with E-state index in [0.717, 1.165) is 12.1 Å². The Balaban J connectivity index is 0.00000182. The Hall–Kier alpha value is -1.54. The Kier molecular flexibility index (Phi) is 9.32. The summed E-state index contributed by atoms with van der Waals surface area (Å²) >= 11 is 1.53. The number of carbonyl (C=O) groups is 1. The molecule has 0 saturated carbocycles. The first-order valence-electron chi connectivity index (χ1n) is 8.31. The maximum Gasteiger partial charge on any atom is 0.254 e. The van der Waals surface area contributed by atoms with Gasteiger partial charge < -0.3 is 20.1 Å². The van der Waals surface area contributed by atoms with Gasteiger partial charge in [-0.05, 0) is 44.0 Å². The van der Waals surface area contributed by atoms with Crippen LogP contribution in [0, 0.1) is 5.92 Å². The third kappa shape index (κ3) is 5.48. The number of hydrogen-bond donors (Lipinski definition) is 1. The molecule has 150 valence electrons. The fraction of sp³-hybridized carbons (Fsp3) is 0.444. The molecule has 2 unspecified atom stereocenters. The standard InChI is InChI=1S/C18H23N3O3S.2ClH/c1-12-5-13(7-19)8-21(12)18(22)14-3-4-16(17(6-14)23-2)24-9-15-10-25-11-20-15;;/h3-4,6,10-13H,5,7-9,19H2,1-2H3;2*1H. The summed E-state index contributed by atoms with van der Waals surface area (Å²) in [6.07, 6.45) is 0.953. The summed E-state index contributed by atoms with van der Waals surface area (Å²) < 4.78 is 11.2. The van der Waals surface area contributed by atoms with Gasteiger partial charge in [0.15, 0.2) is 11.5 Å². The molecule has 2 aromatic rings. The smallest absolute Gasteiger partial charge is 0.254 e. The van der Waals surface area contributed by atoms with Crippen molar-refractivity contribution in [2.45, 2.75) is 26.0 Å². The van der Waals surface area contributed by atoms with Crippen molar-refractivity contribution in [3.63, 3.8) is 0 Å². The molecule has 2 heterocycles. The summed E-state index contributed by atoms with van der Waals surface area (Å²) in [6, 6.07) is 5.50. The highest BCUT2D eigenvalue weighted by atomic mass is 35.5. The number of rotatable bonds is 6. The minimum atomic E-state index is 0. The monoisotopic (exact) mass is 433 g/mol. The van der Waals surface area contributed by atoms with E-state index in [1.165, 1.54) is 11.3 Å². The van der Waals surface area contributed by atoms with Crippen LogP contribution in [0.1, 0.15) is 29.4 Å². The van der Waals surface area contributed by atoms with Gasteiger partial charge in [0.05, 0.1) is 18.3 Å². The van der Waals surface area contributed by atoms with E-state index in [2.05, 4.69) is 11.9 Å². The van der Waals surface area contributed by atoms with Crippen LogP contribution >= 0.6 is 36.2 Å². The molecule has 9 heteroatoms. The molecule has 2 N–H and O–H groups in total. The predicted octanol–water partition coefficient (Wildman–Crippen LogP) is 3.38. The zero-order chi connectivity index (χ0) is 17.8. The van der Waals surface area contributed by atoms with Crippen molar-refractivity contribution in [2.75, 3.05) is 20.2 Å². The molecule has 1 aromatic heterocycles. The van der Waals surface area contributed by atoms with Crippen molar-refractivity contribution in [1.82, 2.24) is 9.88 Å². The first-order chi connectivity index (χ1) is 12.1. The van der Waals surface area contributed by atoms with Crippen molar-refractivity contribution in [3.8, 4) is 11.5 Å². The number of aromatic nitrogens is 1. The first-order valence-corrected chi connectivity index (χ1v) is 9.25. The van der Waals surface area contributed by atoms with Crippen LogP contribution in [0.2, 0.25) is 0 Å². The number of carbonyl (C=O) groups excluding carboxylic acids is 1. The number of benzene rings is 1. The van der Waals surface area contributed by atoms with Gasteiger partial charge in [-0.2, -0.15) is 0 Å². The van der Waals surface area contributed by atoms with E-state index in [1.54, 1.807) is 30.8 Å². The molecule has 1 amide bonds. The highest BCUT2D eigenvalue weighted by Crippen LogP contribution is 2.31. The molecule has 1 aromatic carbocycles. The SMILES string of the molecule is COc1cc(C(=O)N2CC(CN)CC2C)ccc1OCc1cscn1.Cl.Cl. The molecule has 0 aliphatic carbocycles. The number of likely N-dealkylation sites (tertiary alicyclic amines) is 1. The summed E-state index contributed by atoms with van der Waals surface area (Å²) in [6.45, 7) is 3.76. The largest absolute Gasteiger partial charge is 0.493 e. The van der Waals surface area contributed by atoms with E-state index in [-0.39, 0.29) is 36.8 Å². The number of methoxy groups -OCH3 is 1. The third-order valence-electron chi connectivity index (χ3n) is 4.53. The lowest BCUT2D eigenvalue weighted by molar-refractivity contribution is 0.0743. The van der Waals surface area contributed by atoms with E-state index in [4.69, 9.17) is 15.2 Å². The van der Waals surface area contributed by atoms with E-state index in [0.29, 0.717) is 42.7 Å². The number of amides is 1. The van der Waals surface area contributed by atoms with Gasteiger partial charge in [-0.1, -0.05) is 0 Å². The summed E-state index contributed by atoms with van der Waals surface area (Å²) in [4.78, 5) is 18.9. The van der Waals surface area contributed by atoms with Gasteiger partial charge in [-0.15, -0.1) is 36.2 Å². The number of thiazole rings is 1. The van der Waals surface area contributed by atoms with Crippen LogP contribution in [0.15, 0.2) is 29.1 Å². The molecule has 1 fully saturated rings. The fourth-order valence-electron chi connectivity index (χ4n) is 3.14. The van der Waals surface area contributed by atoms with E-state index < -0.39 is 0 Å². The van der Waals surface area contributed by atoms with Crippen LogP contribution in [-0.4, -0.2) is 42.0 Å². The molecule has 1 saturated heterocycles. The highest BCUT2D eigenvalue weighted by molar-refractivity contribution is 7.07. The maximum atomic E-state index is 12.8. The van der Waals surface area contributed by atoms with E-state index >= 15 is 0 Å². The summed E-state index contributed by atoms with van der Waals surface area (Å²) in [5.74, 6) is 1.53. The second-order valence-electron chi connectivity index (χ2n) is 6.28. The molecule has 27 heavy (non-hydrogen) atoms. The number of nitrogens with two attached hydrogens (primary N) is 1. The Bertz CT molecular complexity index is 731. The predicted molar refractivity (Wildman–Crippen MR) is 112 cm³/mol. The Morgan fingerprint density at radius 1 is 1.37 bits per heavy atom. The maximum absolute atomic E-state index is 12.8. The third-order valence-corrected chi connectivity index (χ3v) is 5.16. The average Bonchev–Trinajstić information content (AvgIpc) is 3.28. The van der Waals surface area contributed by atoms with Crippen molar-refractivity contribution in [3.05, 3.63) is 40.3 Å². The Morgan fingerprint density at radius 2 is 2.15 bits per heavy atom. The van der Waals surface area contributed by atoms with Gasteiger partial charge >= 0.3 is 0 Å². The summed E-state index contributed by atoms with van der Waals surface area (Å²) in [5, 5.41) is 1.94. The van der Waals surface area contributed by atoms with E-state index in [9.17, 15) is 4.79 Å². The topological polar surface area (TPSA) is 77.7 Å². The van der Waals surface area contributed by atoms with Crippen LogP contribution in [-0.2, 0) is 6.61 Å². The van der Waals surface area contributed by atoms with Gasteiger partial charge in [-0.25, -0.2) is 4.98 Å². The van der Waals surface area contributed by atoms with Gasteiger partial charge in [0, 0.05) is 23.5 Å². The second-order valence-corrected chi connectivity index (χ2v) is 7.00. The van der Waals surface area contributed by atoms with E-state index in [1.807, 2.05) is 10.3 Å². The minimum Gasteiger partial charge on any atom is -0.493 e. The van der Waals surface area contributed by atoms with Crippen LogP contribution in [0.3, 0.4) is 0 Å². The van der Waals surface area contributed by atoms with Crippen molar-refractivity contribution in [1.29, 1.82) is 0 Å². The molecule has 0 spiro atoms. The van der Waals surface area contributed by atoms with Crippen LogP contribution in [0.5, 0.6) is 11.5 Å². The number of nitrogens with zero attached hydrogens (tertiary/aromatic N) is 2. The molecule has 0 radical (unpaired) electrons. The van der Waals surface area contributed by atoms with Gasteiger partial charge in [0.2, 0.25) is 0 Å². The van der Waals surface area contributed by atoms with Crippen LogP contribution in [0.4, 0.5) is 0 Å². The molecule has 2 atom stereocenters. The molecule has 3 rings (SSSR count). The molecule has 6 nitrogen and oxygen atoms in total. The number of halogens is 2. The van der Waals surface area contributed by atoms with Gasteiger partial charge in [0.1, 0.15) is 6.61 Å². The number of ether oxygens (including phenoxy) is 2. The molecule has 0 bridgehead atoms. The molecule has 1 aliphatic heterocycles. The van der Waals surface area contributed by atoms with Crippen LogP contribution < -0.4 is 15.2 Å². The lowest BCUT2D eigenvalue weighted by Crippen LogP contribution is -2.34. The lowest BCUT2D eigenvalue weighted by atomic mass is 10.1. The van der Waals surface area contributed by atoms with Crippen molar-refractivity contribution >= 4 is 42.1 Å². The molecular weight excluding hydrogens is 409 g/mol. The summed E-state index contributed by atoms with van der Waals surface area (Å²) in [7, 11) is 1.57. The van der Waals surface area contributed by atoms with Gasteiger partial charge in [0.25, 0.3) is 5.91 Å². The summed E-state index contributed by atoms with van der Waals surface area (Å²) in [5.41, 5.74) is 8.99. The van der Waals surface area contributed by atoms with Crippen LogP contribution in [0.25, 0.3) is 0 Å². The zero-order valence-corrected chi connectivity index (χ0v) is 17.7. The quantitative estimate of drug-likeness (QED) is 0.754. The fourth-order valence-corrected chi connectivity index (χ4v) is 3.69. The Labute approximate surface area is 175 Å². The normalized spacial score (nSPS) is 18.4. The van der Waals surface area contributed by atoms with Crippen molar-refractivity contribution in [2.24, 2.45) is 11.7 Å². The minimum absolute atomic E-state index is 0. The second kappa shape index (κ2) is 10.7.